The van der Waals surface area contributed by atoms with Gasteiger partial charge in [0.1, 0.15) is 0 Å². The number of nitrogens with zero attached hydrogens (tertiary/aromatic N) is 3. The average molecular weight is 359 g/mol. The maximum Gasteiger partial charge on any atom is 0.264 e. The molecule has 0 spiro atoms. The summed E-state index contributed by atoms with van der Waals surface area (Å²) in [6.45, 7) is 0. The molecular weight excluding hydrogens is 340 g/mol. The second-order valence-corrected chi connectivity index (χ2v) is 6.45. The van der Waals surface area contributed by atoms with Crippen LogP contribution in [0.2, 0.25) is 0 Å². The van der Waals surface area contributed by atoms with Crippen LogP contribution >= 0.6 is 0 Å². The molecule has 1 saturated carbocycles. The van der Waals surface area contributed by atoms with E-state index in [-0.39, 0.29) is 11.5 Å². The van der Waals surface area contributed by atoms with Crippen LogP contribution in [-0.4, -0.2) is 29.0 Å². The number of benzene rings is 1. The minimum atomic E-state index is -2.60. The standard InChI is InChI=1S/C19H19F2N3O2/c1-24-19-16(17(23-24)10-4-5-10)12(18(20)21)9-13(22-19)11-6-7-14(25-2)15(8-11)26-3/h6-10,18H,4-5H2,1-3H3. The van der Waals surface area contributed by atoms with Gasteiger partial charge >= 0.3 is 0 Å². The molecule has 2 heterocycles. The van der Waals surface area contributed by atoms with Crippen LogP contribution in [0.3, 0.4) is 0 Å². The minimum Gasteiger partial charge on any atom is -0.493 e. The summed E-state index contributed by atoms with van der Waals surface area (Å²) in [4.78, 5) is 4.62. The van der Waals surface area contributed by atoms with Gasteiger partial charge in [-0.05, 0) is 37.1 Å². The van der Waals surface area contributed by atoms with Crippen LogP contribution in [0.5, 0.6) is 11.5 Å². The number of alkyl halides is 2. The summed E-state index contributed by atoms with van der Waals surface area (Å²) in [6.07, 6.45) is -0.612. The Balaban J connectivity index is 1.93. The molecule has 0 saturated heterocycles. The summed E-state index contributed by atoms with van der Waals surface area (Å²) in [5.74, 6) is 1.36. The third-order valence-corrected chi connectivity index (χ3v) is 4.73. The molecule has 0 aliphatic heterocycles. The molecule has 0 unspecified atom stereocenters. The maximum atomic E-state index is 13.8. The fraction of sp³-hybridized carbons (Fsp3) is 0.368. The van der Waals surface area contributed by atoms with E-state index in [1.807, 2.05) is 0 Å². The fourth-order valence-corrected chi connectivity index (χ4v) is 3.26. The van der Waals surface area contributed by atoms with E-state index >= 15 is 0 Å². The van der Waals surface area contributed by atoms with Crippen LogP contribution < -0.4 is 9.47 Å². The fourth-order valence-electron chi connectivity index (χ4n) is 3.26. The number of aromatic nitrogens is 3. The van der Waals surface area contributed by atoms with E-state index in [2.05, 4.69) is 10.1 Å². The molecule has 0 N–H and O–H groups in total. The lowest BCUT2D eigenvalue weighted by Crippen LogP contribution is -1.97. The molecule has 1 aliphatic carbocycles. The average Bonchev–Trinajstić information content (AvgIpc) is 3.44. The Hall–Kier alpha value is -2.70. The van der Waals surface area contributed by atoms with Crippen molar-refractivity contribution in [3.63, 3.8) is 0 Å². The van der Waals surface area contributed by atoms with E-state index in [1.54, 1.807) is 37.0 Å². The van der Waals surface area contributed by atoms with Crippen molar-refractivity contribution in [2.75, 3.05) is 14.2 Å². The molecule has 2 aromatic heterocycles. The van der Waals surface area contributed by atoms with Gasteiger partial charge < -0.3 is 9.47 Å². The van der Waals surface area contributed by atoms with Gasteiger partial charge in [0.25, 0.3) is 6.43 Å². The van der Waals surface area contributed by atoms with Crippen LogP contribution in [0.4, 0.5) is 8.78 Å². The Morgan fingerprint density at radius 3 is 2.46 bits per heavy atom. The van der Waals surface area contributed by atoms with E-state index in [0.717, 1.165) is 18.5 Å². The molecule has 7 heteroatoms. The lowest BCUT2D eigenvalue weighted by atomic mass is 10.0. The van der Waals surface area contributed by atoms with Crippen molar-refractivity contribution in [2.45, 2.75) is 25.2 Å². The van der Waals surface area contributed by atoms with Gasteiger partial charge in [-0.3, -0.25) is 4.68 Å². The largest absolute Gasteiger partial charge is 0.493 e. The highest BCUT2D eigenvalue weighted by atomic mass is 19.3. The van der Waals surface area contributed by atoms with Gasteiger partial charge in [0.2, 0.25) is 0 Å². The maximum absolute atomic E-state index is 13.8. The number of pyridine rings is 1. The normalized spacial score (nSPS) is 14.2. The Morgan fingerprint density at radius 1 is 1.12 bits per heavy atom. The molecule has 1 aromatic carbocycles. The molecule has 1 fully saturated rings. The van der Waals surface area contributed by atoms with Crippen LogP contribution in [0.25, 0.3) is 22.3 Å². The summed E-state index contributed by atoms with van der Waals surface area (Å²) >= 11 is 0. The molecule has 0 atom stereocenters. The second-order valence-electron chi connectivity index (χ2n) is 6.45. The van der Waals surface area contributed by atoms with E-state index in [0.29, 0.717) is 33.8 Å². The minimum absolute atomic E-state index is 0.0187. The summed E-state index contributed by atoms with van der Waals surface area (Å²) in [5, 5.41) is 4.96. The van der Waals surface area contributed by atoms with Crippen molar-refractivity contribution in [2.24, 2.45) is 7.05 Å². The van der Waals surface area contributed by atoms with Crippen molar-refractivity contribution < 1.29 is 18.3 Å². The van der Waals surface area contributed by atoms with Gasteiger partial charge in [-0.25, -0.2) is 13.8 Å². The van der Waals surface area contributed by atoms with Gasteiger partial charge in [0, 0.05) is 24.1 Å². The highest BCUT2D eigenvalue weighted by molar-refractivity contribution is 5.86. The van der Waals surface area contributed by atoms with Crippen LogP contribution in [0.1, 0.15) is 36.4 Å². The summed E-state index contributed by atoms with van der Waals surface area (Å²) in [7, 11) is 4.83. The summed E-state index contributed by atoms with van der Waals surface area (Å²) in [5.41, 5.74) is 2.34. The summed E-state index contributed by atoms with van der Waals surface area (Å²) in [6, 6.07) is 6.71. The SMILES string of the molecule is COc1ccc(-c2cc(C(F)F)c3c(C4CC4)nn(C)c3n2)cc1OC. The quantitative estimate of drug-likeness (QED) is 0.674. The monoisotopic (exact) mass is 359 g/mol. The van der Waals surface area contributed by atoms with Crippen molar-refractivity contribution in [1.29, 1.82) is 0 Å². The van der Waals surface area contributed by atoms with Crippen LogP contribution in [0.15, 0.2) is 24.3 Å². The smallest absolute Gasteiger partial charge is 0.264 e. The van der Waals surface area contributed by atoms with Gasteiger partial charge in [-0.15, -0.1) is 0 Å². The van der Waals surface area contributed by atoms with E-state index in [9.17, 15) is 8.78 Å². The number of hydrogen-bond donors (Lipinski definition) is 0. The molecule has 0 amide bonds. The lowest BCUT2D eigenvalue weighted by Gasteiger charge is -2.11. The molecule has 1 aliphatic rings. The number of methoxy groups -OCH3 is 2. The van der Waals surface area contributed by atoms with E-state index in [1.165, 1.54) is 13.2 Å². The van der Waals surface area contributed by atoms with Gasteiger partial charge in [-0.2, -0.15) is 5.10 Å². The Kier molecular flexibility index (Phi) is 4.01. The van der Waals surface area contributed by atoms with Crippen LogP contribution in [0, 0.1) is 0 Å². The first kappa shape index (κ1) is 16.8. The number of hydrogen-bond acceptors (Lipinski definition) is 4. The molecule has 4 rings (SSSR count). The molecule has 3 aromatic rings. The van der Waals surface area contributed by atoms with Crippen molar-refractivity contribution in [1.82, 2.24) is 14.8 Å². The van der Waals surface area contributed by atoms with Gasteiger partial charge in [0.15, 0.2) is 17.1 Å². The lowest BCUT2D eigenvalue weighted by molar-refractivity contribution is 0.153. The Morgan fingerprint density at radius 2 is 1.85 bits per heavy atom. The third kappa shape index (κ3) is 2.67. The zero-order valence-electron chi connectivity index (χ0n) is 14.8. The zero-order chi connectivity index (χ0) is 18.4. The third-order valence-electron chi connectivity index (χ3n) is 4.73. The number of aryl methyl sites for hydroxylation is 1. The molecule has 0 radical (unpaired) electrons. The first-order valence-corrected chi connectivity index (χ1v) is 8.41. The zero-order valence-corrected chi connectivity index (χ0v) is 14.8. The Bertz CT molecular complexity index is 981. The van der Waals surface area contributed by atoms with Crippen molar-refractivity contribution >= 4 is 11.0 Å². The van der Waals surface area contributed by atoms with E-state index in [4.69, 9.17) is 9.47 Å². The molecule has 5 nitrogen and oxygen atoms in total. The predicted octanol–water partition coefficient (Wildman–Crippen LogP) is 4.47. The van der Waals surface area contributed by atoms with Crippen molar-refractivity contribution in [3.8, 4) is 22.8 Å². The highest BCUT2D eigenvalue weighted by Gasteiger charge is 2.32. The van der Waals surface area contributed by atoms with E-state index < -0.39 is 6.43 Å². The topological polar surface area (TPSA) is 49.2 Å². The number of rotatable bonds is 5. The number of ether oxygens (including phenoxy) is 2. The number of halogens is 2. The predicted molar refractivity (Wildman–Crippen MR) is 94.0 cm³/mol. The van der Waals surface area contributed by atoms with Crippen molar-refractivity contribution in [3.05, 3.63) is 35.5 Å². The number of fused-ring (bicyclic) bond motifs is 1. The highest BCUT2D eigenvalue weighted by Crippen LogP contribution is 2.45. The van der Waals surface area contributed by atoms with Gasteiger partial charge in [0.05, 0.1) is 31.0 Å². The first-order chi connectivity index (χ1) is 12.5. The molecule has 26 heavy (non-hydrogen) atoms. The second kappa shape index (κ2) is 6.23. The Labute approximate surface area is 149 Å². The van der Waals surface area contributed by atoms with Crippen LogP contribution in [-0.2, 0) is 7.05 Å². The molecule has 0 bridgehead atoms. The molecule has 136 valence electrons. The van der Waals surface area contributed by atoms with Gasteiger partial charge in [-0.1, -0.05) is 0 Å². The molecular formula is C19H19F2N3O2. The summed E-state index contributed by atoms with van der Waals surface area (Å²) < 4.78 is 39.8. The first-order valence-electron chi connectivity index (χ1n) is 8.41.